The molecule has 1 aliphatic heterocycles. The molecule has 4 N–H and O–H groups in total. The van der Waals surface area contributed by atoms with Crippen LogP contribution in [-0.4, -0.2) is 99.8 Å². The van der Waals surface area contributed by atoms with E-state index in [4.69, 9.17) is 14.2 Å². The van der Waals surface area contributed by atoms with Gasteiger partial charge in [-0.15, -0.1) is 0 Å². The molecular weight excluding hydrogens is 1070 g/mol. The molecule has 456 valence electrons. The lowest BCUT2D eigenvalue weighted by atomic mass is 9.79. The second kappa shape index (κ2) is 27.8. The Morgan fingerprint density at radius 2 is 0.988 bits per heavy atom. The molecule has 1 aliphatic carbocycles. The molecule has 85 heavy (non-hydrogen) atoms. The van der Waals surface area contributed by atoms with E-state index in [2.05, 4.69) is 94.0 Å². The molecule has 17 nitrogen and oxygen atoms in total. The molecule has 0 radical (unpaired) electrons. The number of aromatic amines is 2. The lowest BCUT2D eigenvalue weighted by Gasteiger charge is -2.47. The number of nitrogens with one attached hydrogen (secondary N) is 4. The normalized spacial score (nSPS) is 18.6. The fraction of sp³-hybridized carbons (Fsp3) is 0.485. The van der Waals surface area contributed by atoms with Crippen LogP contribution < -0.4 is 41.0 Å². The minimum Gasteiger partial charge on any atom is -0.481 e. The smallest absolute Gasteiger partial charge is 0.410 e. The number of H-pyrrole nitrogens is 2. The molecule has 17 heteroatoms. The lowest BCUT2D eigenvalue weighted by Crippen LogP contribution is -2.56. The Morgan fingerprint density at radius 3 is 1.33 bits per heavy atom. The molecule has 1 saturated heterocycles. The number of methoxy groups -OCH3 is 2. The van der Waals surface area contributed by atoms with Crippen molar-refractivity contribution in [3.05, 3.63) is 150 Å². The van der Waals surface area contributed by atoms with Gasteiger partial charge in [-0.25, -0.2) is 14.8 Å². The summed E-state index contributed by atoms with van der Waals surface area (Å²) in [7, 11) is 3.17. The van der Waals surface area contributed by atoms with Crippen molar-refractivity contribution >= 4 is 29.3 Å². The third-order valence-electron chi connectivity index (χ3n) is 16.8. The maximum Gasteiger partial charge on any atom is 0.410 e. The summed E-state index contributed by atoms with van der Waals surface area (Å²) in [5, 5.41) is 6.02. The predicted molar refractivity (Wildman–Crippen MR) is 339 cm³/mol. The van der Waals surface area contributed by atoms with Crippen molar-refractivity contribution in [3.8, 4) is 34.0 Å². The van der Waals surface area contributed by atoms with Crippen LogP contribution in [0.4, 0.5) is 16.2 Å². The van der Waals surface area contributed by atoms with Crippen molar-refractivity contribution in [2.45, 2.75) is 179 Å². The van der Waals surface area contributed by atoms with Gasteiger partial charge in [-0.05, 0) is 216 Å². The minimum atomic E-state index is -0.570. The number of nitrogens with zero attached hydrogens (tertiary/aromatic N) is 5. The van der Waals surface area contributed by atoms with Gasteiger partial charge in [0.2, 0.25) is 11.8 Å². The molecule has 2 aromatic carbocycles. The van der Waals surface area contributed by atoms with E-state index in [1.807, 2.05) is 110 Å². The summed E-state index contributed by atoms with van der Waals surface area (Å²) in [4.78, 5) is 87.0. The third-order valence-corrected chi connectivity index (χ3v) is 16.8. The van der Waals surface area contributed by atoms with Gasteiger partial charge in [0.25, 0.3) is 22.9 Å². The molecule has 2 aliphatic rings. The van der Waals surface area contributed by atoms with E-state index in [9.17, 15) is 24.0 Å². The Hall–Kier alpha value is -7.95. The number of piperidine rings is 1. The number of amides is 3. The van der Waals surface area contributed by atoms with Crippen LogP contribution in [0.2, 0.25) is 0 Å². The van der Waals surface area contributed by atoms with E-state index in [0.717, 1.165) is 99.5 Å². The first-order valence-corrected chi connectivity index (χ1v) is 30.0. The van der Waals surface area contributed by atoms with Crippen molar-refractivity contribution in [3.63, 3.8) is 0 Å². The van der Waals surface area contributed by atoms with Crippen LogP contribution in [-0.2, 0) is 17.8 Å². The van der Waals surface area contributed by atoms with Crippen LogP contribution in [0.3, 0.4) is 0 Å². The molecule has 4 aromatic heterocycles. The summed E-state index contributed by atoms with van der Waals surface area (Å²) in [6, 6.07) is 20.0. The Morgan fingerprint density at radius 1 is 0.588 bits per heavy atom. The lowest BCUT2D eigenvalue weighted by molar-refractivity contribution is -0.00254. The van der Waals surface area contributed by atoms with Crippen molar-refractivity contribution in [2.75, 3.05) is 37.1 Å². The number of aromatic nitrogens is 4. The van der Waals surface area contributed by atoms with Gasteiger partial charge in [-0.3, -0.25) is 19.2 Å². The molecule has 4 atom stereocenters. The molecule has 0 bridgehead atoms. The Bertz CT molecular complexity index is 3440. The second-order valence-corrected chi connectivity index (χ2v) is 24.6. The summed E-state index contributed by atoms with van der Waals surface area (Å²) >= 11 is 0. The van der Waals surface area contributed by atoms with Gasteiger partial charge in [0.1, 0.15) is 5.60 Å². The van der Waals surface area contributed by atoms with Crippen LogP contribution in [0.25, 0.3) is 22.3 Å². The van der Waals surface area contributed by atoms with E-state index in [0.29, 0.717) is 58.4 Å². The maximum absolute atomic E-state index is 13.9. The van der Waals surface area contributed by atoms with Gasteiger partial charge < -0.3 is 49.5 Å². The molecule has 8 rings (SSSR count). The number of anilines is 2. The Labute approximate surface area is 502 Å². The first-order chi connectivity index (χ1) is 40.2. The molecule has 5 heterocycles. The summed E-state index contributed by atoms with van der Waals surface area (Å²) in [5.41, 5.74) is 11.9. The molecule has 6 aromatic rings. The number of benzene rings is 2. The fourth-order valence-electron chi connectivity index (χ4n) is 12.8. The highest BCUT2D eigenvalue weighted by Gasteiger charge is 2.39. The van der Waals surface area contributed by atoms with E-state index in [1.54, 1.807) is 32.7 Å². The third kappa shape index (κ3) is 15.7. The van der Waals surface area contributed by atoms with E-state index in [1.165, 1.54) is 6.42 Å². The standard InChI is InChI=1S/C36H49N5O5.C32H42N4O3/c1-11-40(28-15-23(4)41(24(5)16-28)35(44)46-36(7,8)9)31-18-27(26-12-13-32(45-10)37-19-26)17-29(25(31)6)33(42)38-20-30-21(2)14-22(3)39-34(30)43;1-8-36(26-12-19(2)11-20(3)13-26)29-16-25(24-9-10-30(39-7)33-17-24)15-27(23(29)6)31(37)34-18-28-21(4)14-22(5)35-32(28)38/h12-14,17-19,23-24,28H,11,15-16,20H2,1-10H3,(H,38,42)(H,39,43);9-10,14-17,19-20,26H,8,11-13,18H2,1-7H3,(H,34,37)(H,35,38)/t23-,24-;19-,20-/m10/s1. The van der Waals surface area contributed by atoms with Crippen LogP contribution in [0.15, 0.2) is 82.6 Å². The molecular formula is C68H91N9O8. The number of likely N-dealkylation sites (tertiary alicyclic amines) is 1. The van der Waals surface area contributed by atoms with E-state index in [-0.39, 0.29) is 60.2 Å². The number of carbonyl (C=O) groups is 3. The van der Waals surface area contributed by atoms with Crippen LogP contribution in [0.5, 0.6) is 11.8 Å². The monoisotopic (exact) mass is 1160 g/mol. The first-order valence-electron chi connectivity index (χ1n) is 30.0. The number of ether oxygens (including phenoxy) is 3. The van der Waals surface area contributed by atoms with E-state index < -0.39 is 5.60 Å². The SMILES string of the molecule is CCN(c1cc(-c2ccc(OC)nc2)cc(C(=O)NCc2c(C)cc(C)[nH]c2=O)c1C)C1C[C@@H](C)C[C@H](C)C1.CCN(c1cc(-c2ccc(OC)nc2)cc(C(=O)NCc2c(C)cc(C)[nH]c2=O)c1C)C1C[C@@H](C)N(C(=O)OC(C)(C)C)[C@H](C)C1. The van der Waals surface area contributed by atoms with Crippen LogP contribution in [0.1, 0.15) is 160 Å². The Kier molecular flexibility index (Phi) is 21.2. The van der Waals surface area contributed by atoms with Crippen molar-refractivity contribution in [2.24, 2.45) is 11.8 Å². The largest absolute Gasteiger partial charge is 0.481 e. The van der Waals surface area contributed by atoms with Crippen molar-refractivity contribution in [1.29, 1.82) is 0 Å². The number of hydrogen-bond donors (Lipinski definition) is 4. The summed E-state index contributed by atoms with van der Waals surface area (Å²) < 4.78 is 16.3. The van der Waals surface area contributed by atoms with Gasteiger partial charge in [0.15, 0.2) is 0 Å². The first kappa shape index (κ1) is 64.6. The van der Waals surface area contributed by atoms with Crippen LogP contribution in [0, 0.1) is 53.4 Å². The highest BCUT2D eigenvalue weighted by Crippen LogP contribution is 2.40. The number of rotatable bonds is 16. The summed E-state index contributed by atoms with van der Waals surface area (Å²) in [6.45, 7) is 32.1. The average Bonchev–Trinajstić information content (AvgIpc) is 3.64. The second-order valence-electron chi connectivity index (χ2n) is 24.6. The zero-order chi connectivity index (χ0) is 62.2. The maximum atomic E-state index is 13.9. The number of carbonyl (C=O) groups excluding carboxylic acids is 3. The molecule has 3 amide bonds. The quantitative estimate of drug-likeness (QED) is 0.0715. The van der Waals surface area contributed by atoms with Gasteiger partial charge in [-0.2, -0.15) is 0 Å². The van der Waals surface area contributed by atoms with Gasteiger partial charge in [0, 0.05) is 131 Å². The number of aryl methyl sites for hydroxylation is 4. The van der Waals surface area contributed by atoms with Crippen LogP contribution >= 0.6 is 0 Å². The average molecular weight is 1160 g/mol. The summed E-state index contributed by atoms with van der Waals surface area (Å²) in [5.74, 6) is 1.92. The zero-order valence-corrected chi connectivity index (χ0v) is 53.3. The zero-order valence-electron chi connectivity index (χ0n) is 53.3. The number of pyridine rings is 4. The fourth-order valence-corrected chi connectivity index (χ4v) is 12.8. The molecule has 0 unspecified atom stereocenters. The number of hydrogen-bond acceptors (Lipinski definition) is 12. The van der Waals surface area contributed by atoms with Gasteiger partial charge in [0.05, 0.1) is 14.2 Å². The highest BCUT2D eigenvalue weighted by molar-refractivity contribution is 6.00. The topological polar surface area (TPSA) is 204 Å². The predicted octanol–water partition coefficient (Wildman–Crippen LogP) is 12.3. The van der Waals surface area contributed by atoms with E-state index >= 15 is 0 Å². The van der Waals surface area contributed by atoms with Crippen molar-refractivity contribution < 1.29 is 28.6 Å². The highest BCUT2D eigenvalue weighted by atomic mass is 16.6. The van der Waals surface area contributed by atoms with Gasteiger partial charge in [-0.1, -0.05) is 13.8 Å². The Balaban J connectivity index is 0.000000247. The minimum absolute atomic E-state index is 0.0365. The van der Waals surface area contributed by atoms with Gasteiger partial charge >= 0.3 is 6.09 Å². The summed E-state index contributed by atoms with van der Waals surface area (Å²) in [6.07, 6.45) is 8.28. The van der Waals surface area contributed by atoms with Crippen molar-refractivity contribution in [1.82, 2.24) is 35.5 Å². The molecule has 0 spiro atoms. The molecule has 1 saturated carbocycles. The molecule has 2 fully saturated rings.